The number of hydrogen-bond acceptors (Lipinski definition) is 7. The number of imide groups is 1. The van der Waals surface area contributed by atoms with Crippen molar-refractivity contribution in [3.8, 4) is 5.75 Å². The quantitative estimate of drug-likeness (QED) is 0.506. The van der Waals surface area contributed by atoms with Gasteiger partial charge < -0.3 is 4.74 Å². The molecule has 1 aromatic carbocycles. The summed E-state index contributed by atoms with van der Waals surface area (Å²) in [6.45, 7) is 1.98. The lowest BCUT2D eigenvalue weighted by atomic mass is 10.2. The Hall–Kier alpha value is -3.24. The molecule has 31 heavy (non-hydrogen) atoms. The fourth-order valence-electron chi connectivity index (χ4n) is 3.34. The molecule has 0 aliphatic carbocycles. The molecule has 3 heterocycles. The summed E-state index contributed by atoms with van der Waals surface area (Å²) in [5, 5.41) is 0. The van der Waals surface area contributed by atoms with Crippen molar-refractivity contribution in [3.05, 3.63) is 70.9 Å². The maximum absolute atomic E-state index is 13.2. The number of amides is 2. The van der Waals surface area contributed by atoms with Crippen LogP contribution in [0, 0.1) is 0 Å². The van der Waals surface area contributed by atoms with E-state index in [-0.39, 0.29) is 28.6 Å². The first-order valence-corrected chi connectivity index (χ1v) is 11.7. The number of aromatic nitrogens is 1. The predicted octanol–water partition coefficient (Wildman–Crippen LogP) is 3.16. The summed E-state index contributed by atoms with van der Waals surface area (Å²) >= 11 is 1.03. The van der Waals surface area contributed by atoms with Gasteiger partial charge in [0.1, 0.15) is 15.7 Å². The summed E-state index contributed by atoms with van der Waals surface area (Å²) in [6, 6.07) is 13.0. The van der Waals surface area contributed by atoms with Crippen LogP contribution in [-0.4, -0.2) is 43.8 Å². The largest absolute Gasteiger partial charge is 0.497 e. The van der Waals surface area contributed by atoms with E-state index in [0.717, 1.165) is 16.2 Å². The maximum Gasteiger partial charge on any atom is 0.280 e. The third kappa shape index (κ3) is 3.68. The van der Waals surface area contributed by atoms with Gasteiger partial charge in [0.15, 0.2) is 0 Å². The van der Waals surface area contributed by atoms with E-state index < -0.39 is 21.8 Å². The van der Waals surface area contributed by atoms with Crippen LogP contribution in [0.2, 0.25) is 0 Å². The number of pyridine rings is 1. The zero-order chi connectivity index (χ0) is 22.2. The molecular weight excluding hydrogens is 438 g/mol. The Morgan fingerprint density at radius 1 is 1.06 bits per heavy atom. The molecule has 0 N–H and O–H groups in total. The van der Waals surface area contributed by atoms with Crippen LogP contribution in [0.1, 0.15) is 32.6 Å². The molecule has 2 aromatic heterocycles. The van der Waals surface area contributed by atoms with Crippen molar-refractivity contribution < 1.29 is 22.7 Å². The van der Waals surface area contributed by atoms with Gasteiger partial charge >= 0.3 is 0 Å². The van der Waals surface area contributed by atoms with Crippen molar-refractivity contribution in [2.24, 2.45) is 0 Å². The van der Waals surface area contributed by atoms with E-state index in [9.17, 15) is 18.0 Å². The monoisotopic (exact) mass is 457 g/mol. The molecule has 1 aliphatic rings. The highest BCUT2D eigenvalue weighted by atomic mass is 32.2. The zero-order valence-corrected chi connectivity index (χ0v) is 18.4. The molecule has 0 radical (unpaired) electrons. The lowest BCUT2D eigenvalue weighted by Gasteiger charge is -2.22. The van der Waals surface area contributed by atoms with E-state index in [1.165, 1.54) is 16.6 Å². The number of nitrogens with zero attached hydrogens (tertiary/aromatic N) is 3. The van der Waals surface area contributed by atoms with Crippen molar-refractivity contribution in [3.63, 3.8) is 0 Å². The first-order valence-electron chi connectivity index (χ1n) is 9.43. The second-order valence-corrected chi connectivity index (χ2v) is 9.94. The lowest BCUT2D eigenvalue weighted by Crippen LogP contribution is -2.30. The molecule has 3 aromatic rings. The van der Waals surface area contributed by atoms with Crippen LogP contribution in [0.5, 0.6) is 5.75 Å². The third-order valence-electron chi connectivity index (χ3n) is 4.87. The predicted molar refractivity (Wildman–Crippen MR) is 116 cm³/mol. The van der Waals surface area contributed by atoms with Crippen LogP contribution >= 0.6 is 11.3 Å². The van der Waals surface area contributed by atoms with Gasteiger partial charge in [0.05, 0.1) is 24.9 Å². The van der Waals surface area contributed by atoms with Crippen LogP contribution in [0.4, 0.5) is 5.69 Å². The fraction of sp³-hybridized carbons (Fsp3) is 0.190. The molecule has 0 fully saturated rings. The van der Waals surface area contributed by atoms with Crippen LogP contribution < -0.4 is 9.04 Å². The molecule has 0 saturated heterocycles. The van der Waals surface area contributed by atoms with Crippen LogP contribution in [-0.2, 0) is 16.6 Å². The number of fused-ring (bicyclic) bond motifs is 1. The molecule has 160 valence electrons. The number of carbonyl (C=O) groups excluding carboxylic acids is 2. The number of thiophene rings is 1. The number of hydrogen-bond donors (Lipinski definition) is 0. The summed E-state index contributed by atoms with van der Waals surface area (Å²) < 4.78 is 33.0. The van der Waals surface area contributed by atoms with Gasteiger partial charge in [-0.05, 0) is 55.5 Å². The minimum atomic E-state index is -3.81. The van der Waals surface area contributed by atoms with Crippen molar-refractivity contribution in [1.29, 1.82) is 0 Å². The fourth-order valence-corrected chi connectivity index (χ4v) is 6.28. The van der Waals surface area contributed by atoms with Gasteiger partial charge in [-0.2, -0.15) is 0 Å². The lowest BCUT2D eigenvalue weighted by molar-refractivity contribution is 0.0642. The average Bonchev–Trinajstić information content (AvgIpc) is 3.35. The van der Waals surface area contributed by atoms with Crippen molar-refractivity contribution >= 4 is 38.9 Å². The van der Waals surface area contributed by atoms with Gasteiger partial charge in [-0.3, -0.25) is 23.8 Å². The number of benzene rings is 1. The number of rotatable bonds is 7. The average molecular weight is 458 g/mol. The Balaban J connectivity index is 1.57. The van der Waals surface area contributed by atoms with Gasteiger partial charge in [0.25, 0.3) is 21.8 Å². The topological polar surface area (TPSA) is 96.9 Å². The molecule has 0 unspecified atom stereocenters. The molecule has 0 spiro atoms. The van der Waals surface area contributed by atoms with Gasteiger partial charge in [-0.1, -0.05) is 0 Å². The molecular formula is C21H19N3O5S2. The van der Waals surface area contributed by atoms with Gasteiger partial charge in [0, 0.05) is 17.6 Å². The van der Waals surface area contributed by atoms with Crippen molar-refractivity contribution in [1.82, 2.24) is 9.88 Å². The van der Waals surface area contributed by atoms with Gasteiger partial charge in [-0.25, -0.2) is 8.42 Å². The number of sulfonamides is 1. The summed E-state index contributed by atoms with van der Waals surface area (Å²) in [6.07, 6.45) is 1.46. The molecule has 8 nitrogen and oxygen atoms in total. The van der Waals surface area contributed by atoms with E-state index in [1.807, 2.05) is 0 Å². The normalized spacial score (nSPS) is 13.4. The number of anilines is 1. The Kier molecular flexibility index (Phi) is 5.50. The number of methoxy groups -OCH3 is 1. The number of carbonyl (C=O) groups is 2. The molecule has 10 heteroatoms. The molecule has 0 saturated carbocycles. The third-order valence-corrected chi connectivity index (χ3v) is 8.31. The molecule has 2 amide bonds. The minimum absolute atomic E-state index is 0.0110. The van der Waals surface area contributed by atoms with Crippen LogP contribution in [0.15, 0.2) is 58.9 Å². The number of ether oxygens (including phenoxy) is 1. The first-order chi connectivity index (χ1) is 14.9. The summed E-state index contributed by atoms with van der Waals surface area (Å²) in [5.74, 6) is -0.280. The maximum atomic E-state index is 13.2. The van der Waals surface area contributed by atoms with Crippen molar-refractivity contribution in [2.75, 3.05) is 18.0 Å². The van der Waals surface area contributed by atoms with Crippen LogP contribution in [0.3, 0.4) is 0 Å². The highest BCUT2D eigenvalue weighted by molar-refractivity contribution is 7.94. The van der Waals surface area contributed by atoms with Gasteiger partial charge in [0.2, 0.25) is 0 Å². The Morgan fingerprint density at radius 2 is 1.81 bits per heavy atom. The Labute approximate surface area is 183 Å². The first kappa shape index (κ1) is 21.0. The van der Waals surface area contributed by atoms with Crippen LogP contribution in [0.25, 0.3) is 0 Å². The van der Waals surface area contributed by atoms with E-state index >= 15 is 0 Å². The second kappa shape index (κ2) is 8.12. The SMILES string of the molecule is CCN(c1ccc(OC)cc1)S(=O)(=O)c1ccc(CN2C(=O)c3cccnc3C2=O)s1. The van der Waals surface area contributed by atoms with E-state index in [0.29, 0.717) is 16.3 Å². The molecule has 4 rings (SSSR count). The summed E-state index contributed by atoms with van der Waals surface area (Å²) in [7, 11) is -2.26. The highest BCUT2D eigenvalue weighted by Crippen LogP contribution is 2.31. The van der Waals surface area contributed by atoms with E-state index in [1.54, 1.807) is 56.5 Å². The van der Waals surface area contributed by atoms with Gasteiger partial charge in [-0.15, -0.1) is 11.3 Å². The minimum Gasteiger partial charge on any atom is -0.497 e. The second-order valence-electron chi connectivity index (χ2n) is 6.68. The summed E-state index contributed by atoms with van der Waals surface area (Å²) in [5.41, 5.74) is 0.895. The van der Waals surface area contributed by atoms with Crippen molar-refractivity contribution in [2.45, 2.75) is 17.7 Å². The molecule has 0 bridgehead atoms. The Bertz CT molecular complexity index is 1220. The highest BCUT2D eigenvalue weighted by Gasteiger charge is 2.37. The standard InChI is InChI=1S/C21H19N3O5S2/c1-3-24(14-6-8-15(29-2)9-7-14)31(27,28)18-11-10-16(30-18)13-23-20(25)17-5-4-12-22-19(17)21(23)26/h4-12H,3,13H2,1-2H3. The Morgan fingerprint density at radius 3 is 2.45 bits per heavy atom. The molecule has 1 aliphatic heterocycles. The van der Waals surface area contributed by atoms with E-state index in [4.69, 9.17) is 4.74 Å². The zero-order valence-electron chi connectivity index (χ0n) is 16.8. The summed E-state index contributed by atoms with van der Waals surface area (Å²) in [4.78, 5) is 30.7. The smallest absolute Gasteiger partial charge is 0.280 e. The molecule has 0 atom stereocenters. The van der Waals surface area contributed by atoms with E-state index in [2.05, 4.69) is 4.98 Å².